The van der Waals surface area contributed by atoms with Gasteiger partial charge in [-0.3, -0.25) is 4.98 Å². The maximum atomic E-state index is 14.7. The SMILES string of the molecule is CCc1cc2c(cc1F)c(C#N)c(-c1ccc(S(=O)(=O)N[C@@H](C)C(F)(F)F)cn1)n2-c1cccc(C#N)c1. The number of rotatable bonds is 6. The summed E-state index contributed by atoms with van der Waals surface area (Å²) in [6, 6.07) is 13.4. The highest BCUT2D eigenvalue weighted by molar-refractivity contribution is 7.89. The van der Waals surface area contributed by atoms with Crippen molar-refractivity contribution in [3.63, 3.8) is 0 Å². The number of hydrogen-bond acceptors (Lipinski definition) is 5. The number of benzene rings is 2. The van der Waals surface area contributed by atoms with Crippen LogP contribution < -0.4 is 4.72 Å². The van der Waals surface area contributed by atoms with Crippen LogP contribution in [-0.4, -0.2) is 30.2 Å². The van der Waals surface area contributed by atoms with Gasteiger partial charge in [-0.2, -0.15) is 28.4 Å². The molecule has 4 aromatic rings. The predicted octanol–water partition coefficient (Wildman–Crippen LogP) is 5.37. The Hall–Kier alpha value is -4.26. The van der Waals surface area contributed by atoms with Crippen LogP contribution in [0.15, 0.2) is 59.6 Å². The number of fused-ring (bicyclic) bond motifs is 1. The van der Waals surface area contributed by atoms with Crippen LogP contribution in [0, 0.1) is 28.5 Å². The van der Waals surface area contributed by atoms with E-state index >= 15 is 0 Å². The number of halogens is 4. The van der Waals surface area contributed by atoms with E-state index in [0.29, 0.717) is 35.7 Å². The Labute approximate surface area is 215 Å². The fourth-order valence-corrected chi connectivity index (χ4v) is 5.18. The van der Waals surface area contributed by atoms with Crippen LogP contribution in [0.4, 0.5) is 17.6 Å². The Morgan fingerprint density at radius 3 is 2.42 bits per heavy atom. The summed E-state index contributed by atoms with van der Waals surface area (Å²) in [5, 5.41) is 19.7. The van der Waals surface area contributed by atoms with Gasteiger partial charge in [0.25, 0.3) is 0 Å². The van der Waals surface area contributed by atoms with E-state index in [1.165, 1.54) is 12.1 Å². The molecule has 0 saturated heterocycles. The molecular formula is C26H19F4N5O2S. The Kier molecular flexibility index (Phi) is 6.98. The van der Waals surface area contributed by atoms with Crippen molar-refractivity contribution in [2.75, 3.05) is 0 Å². The van der Waals surface area contributed by atoms with Crippen LogP contribution in [0.2, 0.25) is 0 Å². The summed E-state index contributed by atoms with van der Waals surface area (Å²) in [5.74, 6) is -0.509. The van der Waals surface area contributed by atoms with Crippen LogP contribution >= 0.6 is 0 Å². The van der Waals surface area contributed by atoms with Gasteiger partial charge in [-0.25, -0.2) is 12.8 Å². The Morgan fingerprint density at radius 2 is 1.84 bits per heavy atom. The summed E-state index contributed by atoms with van der Waals surface area (Å²) >= 11 is 0. The van der Waals surface area contributed by atoms with Gasteiger partial charge in [-0.1, -0.05) is 13.0 Å². The number of pyridine rings is 1. The minimum Gasteiger partial charge on any atom is -0.306 e. The fourth-order valence-electron chi connectivity index (χ4n) is 4.01. The molecule has 0 radical (unpaired) electrons. The molecule has 0 spiro atoms. The molecule has 0 amide bonds. The molecule has 2 aromatic carbocycles. The summed E-state index contributed by atoms with van der Waals surface area (Å²) in [5.41, 5.74) is 2.01. The number of aryl methyl sites for hydroxylation is 1. The molecular weight excluding hydrogens is 522 g/mol. The van der Waals surface area contributed by atoms with Crippen LogP contribution in [0.1, 0.15) is 30.5 Å². The molecule has 1 atom stereocenters. The lowest BCUT2D eigenvalue weighted by Gasteiger charge is -2.17. The van der Waals surface area contributed by atoms with Gasteiger partial charge in [-0.05, 0) is 61.4 Å². The number of alkyl halides is 3. The fraction of sp³-hybridized carbons (Fsp3) is 0.192. The van der Waals surface area contributed by atoms with Gasteiger partial charge in [-0.15, -0.1) is 0 Å². The monoisotopic (exact) mass is 541 g/mol. The lowest BCUT2D eigenvalue weighted by Crippen LogP contribution is -2.42. The first-order chi connectivity index (χ1) is 17.9. The van der Waals surface area contributed by atoms with E-state index < -0.39 is 33.0 Å². The molecule has 0 aliphatic rings. The normalized spacial score (nSPS) is 12.7. The maximum Gasteiger partial charge on any atom is 0.404 e. The third-order valence-electron chi connectivity index (χ3n) is 5.97. The molecule has 1 N–H and O–H groups in total. The number of hydrogen-bond donors (Lipinski definition) is 1. The van der Waals surface area contributed by atoms with Crippen molar-refractivity contribution in [2.24, 2.45) is 0 Å². The minimum atomic E-state index is -4.78. The van der Waals surface area contributed by atoms with E-state index in [1.807, 2.05) is 6.07 Å². The van der Waals surface area contributed by atoms with Gasteiger partial charge in [0.05, 0.1) is 34.1 Å². The molecule has 0 saturated carbocycles. The summed E-state index contributed by atoms with van der Waals surface area (Å²) in [4.78, 5) is 3.64. The zero-order valence-electron chi connectivity index (χ0n) is 20.0. The highest BCUT2D eigenvalue weighted by Gasteiger charge is 2.39. The molecule has 0 aliphatic carbocycles. The number of nitrogens with one attached hydrogen (secondary N) is 1. The molecule has 12 heteroatoms. The van der Waals surface area contributed by atoms with E-state index in [4.69, 9.17) is 0 Å². The topological polar surface area (TPSA) is 112 Å². The second-order valence-corrected chi connectivity index (χ2v) is 10.1. The van der Waals surface area contributed by atoms with Gasteiger partial charge in [0.2, 0.25) is 10.0 Å². The van der Waals surface area contributed by atoms with Gasteiger partial charge in [0.15, 0.2) is 0 Å². The minimum absolute atomic E-state index is 0.0517. The van der Waals surface area contributed by atoms with E-state index in [9.17, 15) is 36.5 Å². The summed E-state index contributed by atoms with van der Waals surface area (Å²) < 4.78 is 81.6. The number of sulfonamides is 1. The van der Waals surface area contributed by atoms with Crippen LogP contribution in [0.3, 0.4) is 0 Å². The van der Waals surface area contributed by atoms with Crippen LogP contribution in [0.5, 0.6) is 0 Å². The van der Waals surface area contributed by atoms with Gasteiger partial charge in [0, 0.05) is 17.3 Å². The first-order valence-electron chi connectivity index (χ1n) is 11.2. The lowest BCUT2D eigenvalue weighted by molar-refractivity contribution is -0.147. The van der Waals surface area contributed by atoms with Crippen molar-refractivity contribution in [2.45, 2.75) is 37.4 Å². The van der Waals surface area contributed by atoms with Gasteiger partial charge < -0.3 is 4.57 Å². The third kappa shape index (κ3) is 4.84. The molecule has 0 aliphatic heterocycles. The Morgan fingerprint density at radius 1 is 1.11 bits per heavy atom. The van der Waals surface area contributed by atoms with E-state index in [1.54, 1.807) is 46.5 Å². The van der Waals surface area contributed by atoms with Crippen molar-refractivity contribution in [3.8, 4) is 29.2 Å². The maximum absolute atomic E-state index is 14.7. The number of nitriles is 2. The average Bonchev–Trinajstić information content (AvgIpc) is 3.20. The van der Waals surface area contributed by atoms with Crippen molar-refractivity contribution >= 4 is 20.9 Å². The quantitative estimate of drug-likeness (QED) is 0.330. The molecule has 2 aromatic heterocycles. The third-order valence-corrected chi connectivity index (χ3v) is 7.50. The molecule has 38 heavy (non-hydrogen) atoms. The Bertz CT molecular complexity index is 1730. The second-order valence-electron chi connectivity index (χ2n) is 8.41. The molecule has 7 nitrogen and oxygen atoms in total. The first kappa shape index (κ1) is 26.8. The van der Waals surface area contributed by atoms with Crippen molar-refractivity contribution in [3.05, 3.63) is 77.2 Å². The smallest absolute Gasteiger partial charge is 0.306 e. The van der Waals surface area contributed by atoms with Gasteiger partial charge >= 0.3 is 6.18 Å². The highest BCUT2D eigenvalue weighted by Crippen LogP contribution is 2.37. The van der Waals surface area contributed by atoms with Crippen LogP contribution in [-0.2, 0) is 16.4 Å². The van der Waals surface area contributed by atoms with Crippen molar-refractivity contribution < 1.29 is 26.0 Å². The van der Waals surface area contributed by atoms with E-state index in [0.717, 1.165) is 12.3 Å². The van der Waals surface area contributed by atoms with Gasteiger partial charge in [0.1, 0.15) is 22.8 Å². The standard InChI is InChI=1S/C26H19F4N5O2S/c1-3-17-10-24-20(11-22(17)27)21(13-32)25(35(24)18-6-4-5-16(9-18)12-31)23-8-7-19(14-33-23)38(36,37)34-15(2)26(28,29)30/h4-11,14-15,34H,3H2,1-2H3/t15-/m0/s1. The van der Waals surface area contributed by atoms with Crippen molar-refractivity contribution in [1.29, 1.82) is 10.5 Å². The largest absolute Gasteiger partial charge is 0.404 e. The summed E-state index contributed by atoms with van der Waals surface area (Å²) in [6.45, 7) is 2.45. The average molecular weight is 542 g/mol. The predicted molar refractivity (Wildman–Crippen MR) is 131 cm³/mol. The van der Waals surface area contributed by atoms with Crippen LogP contribution in [0.25, 0.3) is 28.0 Å². The summed E-state index contributed by atoms with van der Waals surface area (Å²) in [6.07, 6.45) is -3.53. The molecule has 0 bridgehead atoms. The molecule has 4 rings (SSSR count). The highest BCUT2D eigenvalue weighted by atomic mass is 32.2. The first-order valence-corrected chi connectivity index (χ1v) is 12.7. The molecule has 0 fully saturated rings. The van der Waals surface area contributed by atoms with Crippen molar-refractivity contribution in [1.82, 2.24) is 14.3 Å². The van der Waals surface area contributed by atoms with E-state index in [2.05, 4.69) is 11.1 Å². The molecule has 194 valence electrons. The second kappa shape index (κ2) is 9.89. The number of nitrogens with zero attached hydrogens (tertiary/aromatic N) is 4. The molecule has 0 unspecified atom stereocenters. The molecule has 2 heterocycles. The summed E-state index contributed by atoms with van der Waals surface area (Å²) in [7, 11) is -4.56. The van der Waals surface area contributed by atoms with E-state index in [-0.39, 0.29) is 22.3 Å². The Balaban J connectivity index is 1.95. The lowest BCUT2D eigenvalue weighted by atomic mass is 10.1. The number of aromatic nitrogens is 2. The zero-order chi connectivity index (χ0) is 27.8. The zero-order valence-corrected chi connectivity index (χ0v) is 20.8.